The van der Waals surface area contributed by atoms with Crippen molar-refractivity contribution < 1.29 is 9.59 Å². The number of hydrogen-bond acceptors (Lipinski definition) is 5. The Morgan fingerprint density at radius 2 is 2.04 bits per heavy atom. The summed E-state index contributed by atoms with van der Waals surface area (Å²) in [6.45, 7) is 3.41. The lowest BCUT2D eigenvalue weighted by Gasteiger charge is -2.09. The summed E-state index contributed by atoms with van der Waals surface area (Å²) in [5.74, 6) is -0.119. The fourth-order valence-corrected chi connectivity index (χ4v) is 3.29. The molecule has 26 heavy (non-hydrogen) atoms. The molecule has 1 N–H and O–H groups in total. The number of hydrogen-bond donors (Lipinski definition) is 1. The number of nitrogens with one attached hydrogen (secondary N) is 1. The molecule has 0 saturated heterocycles. The van der Waals surface area contributed by atoms with Gasteiger partial charge in [-0.1, -0.05) is 18.2 Å². The Balaban J connectivity index is 1.61. The van der Waals surface area contributed by atoms with Crippen LogP contribution in [0.2, 0.25) is 0 Å². The van der Waals surface area contributed by atoms with Crippen LogP contribution in [0.15, 0.2) is 48.0 Å². The molecule has 0 spiro atoms. The SMILES string of the molecule is CC(=O)c1ccc(C)c(NC(=O)CCc2csc(-c3ccccn3)n2)c1. The van der Waals surface area contributed by atoms with Gasteiger partial charge in [0.15, 0.2) is 5.78 Å². The minimum Gasteiger partial charge on any atom is -0.326 e. The molecule has 5 nitrogen and oxygen atoms in total. The molecule has 0 atom stereocenters. The maximum Gasteiger partial charge on any atom is 0.224 e. The summed E-state index contributed by atoms with van der Waals surface area (Å²) < 4.78 is 0. The fraction of sp³-hybridized carbons (Fsp3) is 0.200. The number of rotatable bonds is 6. The number of benzene rings is 1. The highest BCUT2D eigenvalue weighted by molar-refractivity contribution is 7.13. The Hall–Kier alpha value is -2.86. The van der Waals surface area contributed by atoms with Crippen LogP contribution in [-0.2, 0) is 11.2 Å². The summed E-state index contributed by atoms with van der Waals surface area (Å²) >= 11 is 1.52. The van der Waals surface area contributed by atoms with Gasteiger partial charge >= 0.3 is 0 Å². The van der Waals surface area contributed by atoms with Crippen molar-refractivity contribution in [2.75, 3.05) is 5.32 Å². The molecule has 1 aromatic carbocycles. The molecule has 2 heterocycles. The standard InChI is InChI=1S/C20H19N3O2S/c1-13-6-7-15(14(2)24)11-18(13)23-19(25)9-8-16-12-26-20(22-16)17-5-3-4-10-21-17/h3-7,10-12H,8-9H2,1-2H3,(H,23,25). The lowest BCUT2D eigenvalue weighted by atomic mass is 10.1. The predicted molar refractivity (Wildman–Crippen MR) is 103 cm³/mol. The molecule has 0 aliphatic heterocycles. The Bertz CT molecular complexity index is 935. The molecule has 0 aliphatic carbocycles. The molecule has 0 fully saturated rings. The third-order valence-corrected chi connectivity index (χ3v) is 4.88. The van der Waals surface area contributed by atoms with Gasteiger partial charge in [0.1, 0.15) is 5.01 Å². The van der Waals surface area contributed by atoms with Crippen LogP contribution in [0.4, 0.5) is 5.69 Å². The molecule has 0 bridgehead atoms. The monoisotopic (exact) mass is 365 g/mol. The van der Waals surface area contributed by atoms with E-state index in [9.17, 15) is 9.59 Å². The van der Waals surface area contributed by atoms with E-state index in [0.29, 0.717) is 24.1 Å². The van der Waals surface area contributed by atoms with Crippen LogP contribution >= 0.6 is 11.3 Å². The Kier molecular flexibility index (Phi) is 5.53. The first-order chi connectivity index (χ1) is 12.5. The molecule has 2 aromatic heterocycles. The van der Waals surface area contributed by atoms with Gasteiger partial charge in [0.05, 0.1) is 11.4 Å². The van der Waals surface area contributed by atoms with Crippen molar-refractivity contribution in [2.24, 2.45) is 0 Å². The van der Waals surface area contributed by atoms with E-state index < -0.39 is 0 Å². The van der Waals surface area contributed by atoms with Crippen LogP contribution in [0, 0.1) is 6.92 Å². The van der Waals surface area contributed by atoms with Crippen LogP contribution in [0.3, 0.4) is 0 Å². The van der Waals surface area contributed by atoms with Gasteiger partial charge < -0.3 is 5.32 Å². The fourth-order valence-electron chi connectivity index (χ4n) is 2.46. The molecular formula is C20H19N3O2S. The van der Waals surface area contributed by atoms with E-state index in [1.807, 2.05) is 36.6 Å². The number of thiazole rings is 1. The number of aromatic nitrogens is 2. The van der Waals surface area contributed by atoms with Crippen molar-refractivity contribution in [3.05, 3.63) is 64.8 Å². The molecule has 1 amide bonds. The molecular weight excluding hydrogens is 346 g/mol. The Morgan fingerprint density at radius 3 is 2.77 bits per heavy atom. The number of carbonyl (C=O) groups is 2. The molecule has 0 saturated carbocycles. The van der Waals surface area contributed by atoms with Gasteiger partial charge in [0, 0.05) is 29.2 Å². The average molecular weight is 365 g/mol. The number of ketones is 1. The second-order valence-corrected chi connectivity index (χ2v) is 6.85. The summed E-state index contributed by atoms with van der Waals surface area (Å²) in [6, 6.07) is 11.0. The van der Waals surface area contributed by atoms with Crippen LogP contribution in [-0.4, -0.2) is 21.7 Å². The van der Waals surface area contributed by atoms with Gasteiger partial charge in [-0.25, -0.2) is 4.98 Å². The molecule has 0 unspecified atom stereocenters. The second kappa shape index (κ2) is 8.01. The largest absolute Gasteiger partial charge is 0.326 e. The van der Waals surface area contributed by atoms with Gasteiger partial charge in [-0.2, -0.15) is 0 Å². The number of pyridine rings is 1. The third-order valence-electron chi connectivity index (χ3n) is 3.96. The van der Waals surface area contributed by atoms with Crippen molar-refractivity contribution in [2.45, 2.75) is 26.7 Å². The third kappa shape index (κ3) is 4.40. The molecule has 3 aromatic rings. The van der Waals surface area contributed by atoms with E-state index in [1.165, 1.54) is 18.3 Å². The van der Waals surface area contributed by atoms with E-state index in [0.717, 1.165) is 22.0 Å². The summed E-state index contributed by atoms with van der Waals surface area (Å²) in [6.07, 6.45) is 2.62. The first-order valence-corrected chi connectivity index (χ1v) is 9.18. The van der Waals surface area contributed by atoms with Crippen molar-refractivity contribution in [3.63, 3.8) is 0 Å². The normalized spacial score (nSPS) is 10.5. The van der Waals surface area contributed by atoms with E-state index >= 15 is 0 Å². The molecule has 0 radical (unpaired) electrons. The predicted octanol–water partition coefficient (Wildman–Crippen LogP) is 4.29. The average Bonchev–Trinajstić information content (AvgIpc) is 3.11. The van der Waals surface area contributed by atoms with Crippen molar-refractivity contribution in [3.8, 4) is 10.7 Å². The zero-order chi connectivity index (χ0) is 18.5. The first-order valence-electron chi connectivity index (χ1n) is 8.30. The van der Waals surface area contributed by atoms with Crippen molar-refractivity contribution in [1.82, 2.24) is 9.97 Å². The first kappa shape index (κ1) is 17.9. The lowest BCUT2D eigenvalue weighted by molar-refractivity contribution is -0.116. The number of anilines is 1. The number of Topliss-reactive ketones (excluding diaryl/α,β-unsaturated/α-hetero) is 1. The van der Waals surface area contributed by atoms with Gasteiger partial charge in [-0.05, 0) is 44.0 Å². The van der Waals surface area contributed by atoms with E-state index in [-0.39, 0.29) is 11.7 Å². The summed E-state index contributed by atoms with van der Waals surface area (Å²) in [5, 5.41) is 5.70. The molecule has 3 rings (SSSR count). The van der Waals surface area contributed by atoms with Gasteiger partial charge in [-0.15, -0.1) is 11.3 Å². The highest BCUT2D eigenvalue weighted by Crippen LogP contribution is 2.22. The maximum absolute atomic E-state index is 12.3. The smallest absolute Gasteiger partial charge is 0.224 e. The molecule has 0 aliphatic rings. The molecule has 6 heteroatoms. The Labute approximate surface area is 156 Å². The highest BCUT2D eigenvalue weighted by Gasteiger charge is 2.10. The lowest BCUT2D eigenvalue weighted by Crippen LogP contribution is -2.13. The Morgan fingerprint density at radius 1 is 1.19 bits per heavy atom. The van der Waals surface area contributed by atoms with E-state index in [4.69, 9.17) is 0 Å². The maximum atomic E-state index is 12.3. The van der Waals surface area contributed by atoms with Crippen LogP contribution in [0.1, 0.15) is 35.0 Å². The van der Waals surface area contributed by atoms with Crippen LogP contribution in [0.25, 0.3) is 10.7 Å². The van der Waals surface area contributed by atoms with Crippen molar-refractivity contribution >= 4 is 28.7 Å². The minimum atomic E-state index is -0.0961. The van der Waals surface area contributed by atoms with Crippen molar-refractivity contribution in [1.29, 1.82) is 0 Å². The molecule has 132 valence electrons. The topological polar surface area (TPSA) is 72.0 Å². The van der Waals surface area contributed by atoms with Gasteiger partial charge in [0.2, 0.25) is 5.91 Å². The zero-order valence-corrected chi connectivity index (χ0v) is 15.5. The quantitative estimate of drug-likeness (QED) is 0.662. The van der Waals surface area contributed by atoms with Gasteiger partial charge in [0.25, 0.3) is 0 Å². The summed E-state index contributed by atoms with van der Waals surface area (Å²) in [7, 11) is 0. The summed E-state index contributed by atoms with van der Waals surface area (Å²) in [4.78, 5) is 32.6. The summed E-state index contributed by atoms with van der Waals surface area (Å²) in [5.41, 5.74) is 3.90. The number of aryl methyl sites for hydroxylation is 2. The number of nitrogens with zero attached hydrogens (tertiary/aromatic N) is 2. The number of carbonyl (C=O) groups excluding carboxylic acids is 2. The van der Waals surface area contributed by atoms with Gasteiger partial charge in [-0.3, -0.25) is 14.6 Å². The number of amides is 1. The minimum absolute atomic E-state index is 0.0231. The van der Waals surface area contributed by atoms with E-state index in [2.05, 4.69) is 15.3 Å². The zero-order valence-electron chi connectivity index (χ0n) is 14.7. The van der Waals surface area contributed by atoms with E-state index in [1.54, 1.807) is 18.3 Å². The van der Waals surface area contributed by atoms with Crippen LogP contribution in [0.5, 0.6) is 0 Å². The highest BCUT2D eigenvalue weighted by atomic mass is 32.1. The van der Waals surface area contributed by atoms with Crippen LogP contribution < -0.4 is 5.32 Å². The second-order valence-electron chi connectivity index (χ2n) is 5.99.